The lowest BCUT2D eigenvalue weighted by molar-refractivity contribution is 0.0956. The maximum absolute atomic E-state index is 12.4. The molecule has 1 heterocycles. The highest BCUT2D eigenvalue weighted by molar-refractivity contribution is 6.05. The summed E-state index contributed by atoms with van der Waals surface area (Å²) < 4.78 is 5.27. The monoisotopic (exact) mass is 337 g/mol. The van der Waals surface area contributed by atoms with Crippen molar-refractivity contribution in [3.63, 3.8) is 0 Å². The SMILES string of the molecule is COc1ccccc1NCCNC(=O)c1cc(=O)[nH]c2ccccc12. The van der Waals surface area contributed by atoms with Gasteiger partial charge < -0.3 is 20.4 Å². The molecule has 0 aliphatic rings. The minimum absolute atomic E-state index is 0.274. The smallest absolute Gasteiger partial charge is 0.252 e. The van der Waals surface area contributed by atoms with Gasteiger partial charge in [0, 0.05) is 30.1 Å². The first-order valence-electron chi connectivity index (χ1n) is 7.96. The number of rotatable bonds is 6. The lowest BCUT2D eigenvalue weighted by Crippen LogP contribution is -2.29. The van der Waals surface area contributed by atoms with Crippen LogP contribution in [0.4, 0.5) is 5.69 Å². The van der Waals surface area contributed by atoms with E-state index in [4.69, 9.17) is 4.74 Å². The second-order valence-corrected chi connectivity index (χ2v) is 5.48. The van der Waals surface area contributed by atoms with E-state index in [9.17, 15) is 9.59 Å². The number of ether oxygens (including phenoxy) is 1. The van der Waals surface area contributed by atoms with Gasteiger partial charge in [0.05, 0.1) is 18.4 Å². The molecule has 0 unspecified atom stereocenters. The van der Waals surface area contributed by atoms with E-state index in [0.717, 1.165) is 16.8 Å². The van der Waals surface area contributed by atoms with E-state index in [1.165, 1.54) is 6.07 Å². The number of pyridine rings is 1. The minimum Gasteiger partial charge on any atom is -0.495 e. The largest absolute Gasteiger partial charge is 0.495 e. The zero-order chi connectivity index (χ0) is 17.6. The van der Waals surface area contributed by atoms with Gasteiger partial charge in [-0.05, 0) is 18.2 Å². The average molecular weight is 337 g/mol. The van der Waals surface area contributed by atoms with Crippen LogP contribution in [0.2, 0.25) is 0 Å². The second kappa shape index (κ2) is 7.53. The Balaban J connectivity index is 1.65. The van der Waals surface area contributed by atoms with Crippen LogP contribution in [0.25, 0.3) is 10.9 Å². The molecule has 0 fully saturated rings. The lowest BCUT2D eigenvalue weighted by atomic mass is 10.1. The van der Waals surface area contributed by atoms with Gasteiger partial charge >= 0.3 is 0 Å². The predicted molar refractivity (Wildman–Crippen MR) is 98.4 cm³/mol. The Bertz CT molecular complexity index is 950. The molecule has 2 aromatic carbocycles. The number of hydrogen-bond acceptors (Lipinski definition) is 4. The zero-order valence-corrected chi connectivity index (χ0v) is 13.8. The fraction of sp³-hybridized carbons (Fsp3) is 0.158. The van der Waals surface area contributed by atoms with Crippen molar-refractivity contribution in [3.8, 4) is 5.75 Å². The fourth-order valence-electron chi connectivity index (χ4n) is 2.65. The van der Waals surface area contributed by atoms with Crippen molar-refractivity contribution in [2.24, 2.45) is 0 Å². The number of fused-ring (bicyclic) bond motifs is 1. The van der Waals surface area contributed by atoms with Gasteiger partial charge in [-0.1, -0.05) is 30.3 Å². The third kappa shape index (κ3) is 3.80. The number of benzene rings is 2. The molecule has 0 spiro atoms. The normalized spacial score (nSPS) is 10.4. The van der Waals surface area contributed by atoms with Gasteiger partial charge in [0.1, 0.15) is 5.75 Å². The molecule has 25 heavy (non-hydrogen) atoms. The first-order chi connectivity index (χ1) is 12.2. The Hall–Kier alpha value is -3.28. The van der Waals surface area contributed by atoms with Crippen LogP contribution in [-0.4, -0.2) is 31.1 Å². The number of amides is 1. The van der Waals surface area contributed by atoms with E-state index in [1.807, 2.05) is 42.5 Å². The van der Waals surface area contributed by atoms with Crippen LogP contribution in [0.1, 0.15) is 10.4 Å². The maximum Gasteiger partial charge on any atom is 0.252 e. The molecule has 0 radical (unpaired) electrons. The summed E-state index contributed by atoms with van der Waals surface area (Å²) in [4.78, 5) is 26.9. The molecule has 3 rings (SSSR count). The number of H-pyrrole nitrogens is 1. The molecule has 0 saturated heterocycles. The van der Waals surface area contributed by atoms with E-state index in [2.05, 4.69) is 15.6 Å². The van der Waals surface area contributed by atoms with Crippen LogP contribution in [0.3, 0.4) is 0 Å². The van der Waals surface area contributed by atoms with Gasteiger partial charge in [0.2, 0.25) is 5.56 Å². The Labute approximate surface area is 144 Å². The molecule has 3 N–H and O–H groups in total. The average Bonchev–Trinajstić information content (AvgIpc) is 2.64. The van der Waals surface area contributed by atoms with Crippen molar-refractivity contribution in [1.82, 2.24) is 10.3 Å². The summed E-state index contributed by atoms with van der Waals surface area (Å²) in [6.07, 6.45) is 0. The molecule has 0 bridgehead atoms. The van der Waals surface area contributed by atoms with E-state index < -0.39 is 0 Å². The fourth-order valence-corrected chi connectivity index (χ4v) is 2.65. The molecular formula is C19H19N3O3. The summed E-state index contributed by atoms with van der Waals surface area (Å²) in [5.74, 6) is 0.471. The molecular weight excluding hydrogens is 318 g/mol. The molecule has 0 saturated carbocycles. The van der Waals surface area contributed by atoms with E-state index >= 15 is 0 Å². The van der Waals surface area contributed by atoms with Crippen molar-refractivity contribution in [2.75, 3.05) is 25.5 Å². The molecule has 0 atom stereocenters. The van der Waals surface area contributed by atoms with Crippen molar-refractivity contribution in [2.45, 2.75) is 0 Å². The summed E-state index contributed by atoms with van der Waals surface area (Å²) in [6, 6.07) is 16.1. The number of nitrogens with one attached hydrogen (secondary N) is 3. The first kappa shape index (κ1) is 16.6. The number of methoxy groups -OCH3 is 1. The standard InChI is InChI=1S/C19H19N3O3/c1-25-17-9-5-4-8-16(17)20-10-11-21-19(24)14-12-18(23)22-15-7-3-2-6-13(14)15/h2-9,12,20H,10-11H2,1H3,(H,21,24)(H,22,23). The van der Waals surface area contributed by atoms with Crippen LogP contribution >= 0.6 is 0 Å². The Kier molecular flexibility index (Phi) is 4.99. The highest BCUT2D eigenvalue weighted by atomic mass is 16.5. The molecule has 1 aromatic heterocycles. The molecule has 3 aromatic rings. The van der Waals surface area contributed by atoms with Crippen LogP contribution in [0.15, 0.2) is 59.4 Å². The number of hydrogen-bond donors (Lipinski definition) is 3. The summed E-state index contributed by atoms with van der Waals surface area (Å²) >= 11 is 0. The number of aromatic nitrogens is 1. The van der Waals surface area contributed by atoms with Gasteiger partial charge in [0.25, 0.3) is 5.91 Å². The van der Waals surface area contributed by atoms with Gasteiger partial charge in [-0.25, -0.2) is 0 Å². The number of aromatic amines is 1. The molecule has 0 aliphatic carbocycles. The summed E-state index contributed by atoms with van der Waals surface area (Å²) in [7, 11) is 1.61. The third-order valence-corrected chi connectivity index (χ3v) is 3.83. The Morgan fingerprint density at radius 2 is 1.84 bits per heavy atom. The Morgan fingerprint density at radius 1 is 1.08 bits per heavy atom. The third-order valence-electron chi connectivity index (χ3n) is 3.83. The van der Waals surface area contributed by atoms with Gasteiger partial charge in [-0.2, -0.15) is 0 Å². The summed E-state index contributed by atoms with van der Waals surface area (Å²) in [6.45, 7) is 0.950. The minimum atomic E-state index is -0.295. The Morgan fingerprint density at radius 3 is 2.68 bits per heavy atom. The lowest BCUT2D eigenvalue weighted by Gasteiger charge is -2.12. The molecule has 1 amide bonds. The van der Waals surface area contributed by atoms with Crippen LogP contribution < -0.4 is 20.9 Å². The summed E-state index contributed by atoms with van der Waals surface area (Å²) in [5.41, 5.74) is 1.58. The predicted octanol–water partition coefficient (Wildman–Crippen LogP) is 2.38. The molecule has 6 nitrogen and oxygen atoms in total. The highest BCUT2D eigenvalue weighted by Gasteiger charge is 2.11. The van der Waals surface area contributed by atoms with Crippen molar-refractivity contribution < 1.29 is 9.53 Å². The quantitative estimate of drug-likeness (QED) is 0.603. The maximum atomic E-state index is 12.4. The van der Waals surface area contributed by atoms with E-state index in [-0.39, 0.29) is 11.5 Å². The molecule has 6 heteroatoms. The van der Waals surface area contributed by atoms with E-state index in [0.29, 0.717) is 24.2 Å². The van der Waals surface area contributed by atoms with Crippen molar-refractivity contribution in [1.29, 1.82) is 0 Å². The van der Waals surface area contributed by atoms with Crippen LogP contribution in [0, 0.1) is 0 Å². The van der Waals surface area contributed by atoms with Crippen molar-refractivity contribution >= 4 is 22.5 Å². The van der Waals surface area contributed by atoms with Crippen LogP contribution in [0.5, 0.6) is 5.75 Å². The number of para-hydroxylation sites is 3. The van der Waals surface area contributed by atoms with Gasteiger partial charge in [-0.15, -0.1) is 0 Å². The zero-order valence-electron chi connectivity index (χ0n) is 13.8. The summed E-state index contributed by atoms with van der Waals surface area (Å²) in [5, 5.41) is 6.76. The first-order valence-corrected chi connectivity index (χ1v) is 7.96. The van der Waals surface area contributed by atoms with Crippen molar-refractivity contribution in [3.05, 3.63) is 70.5 Å². The second-order valence-electron chi connectivity index (χ2n) is 5.48. The molecule has 0 aliphatic heterocycles. The van der Waals surface area contributed by atoms with Gasteiger partial charge in [-0.3, -0.25) is 9.59 Å². The topological polar surface area (TPSA) is 83.2 Å². The van der Waals surface area contributed by atoms with Crippen LogP contribution in [-0.2, 0) is 0 Å². The molecule has 128 valence electrons. The number of carbonyl (C=O) groups excluding carboxylic acids is 1. The van der Waals surface area contributed by atoms with Gasteiger partial charge in [0.15, 0.2) is 0 Å². The number of carbonyl (C=O) groups is 1. The number of anilines is 1. The van der Waals surface area contributed by atoms with E-state index in [1.54, 1.807) is 13.2 Å². The highest BCUT2D eigenvalue weighted by Crippen LogP contribution is 2.22.